The molecule has 0 unspecified atom stereocenters. The van der Waals surface area contributed by atoms with Gasteiger partial charge in [-0.2, -0.15) is 0 Å². The Morgan fingerprint density at radius 3 is 2.70 bits per heavy atom. The van der Waals surface area contributed by atoms with Gasteiger partial charge in [0.1, 0.15) is 5.65 Å². The van der Waals surface area contributed by atoms with E-state index in [2.05, 4.69) is 10.3 Å². The van der Waals surface area contributed by atoms with Crippen LogP contribution < -0.4 is 5.32 Å². The minimum atomic E-state index is -0.118. The Hall–Kier alpha value is -3.87. The summed E-state index contributed by atoms with van der Waals surface area (Å²) >= 11 is 0. The molecule has 2 amide bonds. The van der Waals surface area contributed by atoms with Crippen LogP contribution in [-0.4, -0.2) is 39.2 Å². The molecule has 1 aromatic carbocycles. The topological polar surface area (TPSA) is 79.9 Å². The quantitative estimate of drug-likeness (QED) is 0.558. The Morgan fingerprint density at radius 2 is 1.93 bits per heavy atom. The zero-order valence-electron chi connectivity index (χ0n) is 16.2. The number of fused-ring (bicyclic) bond motifs is 1. The summed E-state index contributed by atoms with van der Waals surface area (Å²) in [5.41, 5.74) is 3.59. The van der Waals surface area contributed by atoms with Gasteiger partial charge in [0.2, 0.25) is 0 Å². The van der Waals surface area contributed by atoms with Crippen molar-refractivity contribution >= 4 is 17.5 Å². The molecule has 0 atom stereocenters. The molecule has 0 bridgehead atoms. The highest BCUT2D eigenvalue weighted by Gasteiger charge is 2.33. The Morgan fingerprint density at radius 1 is 1.10 bits per heavy atom. The molecule has 1 N–H and O–H groups in total. The first kappa shape index (κ1) is 18.2. The molecule has 150 valence electrons. The fourth-order valence-electron chi connectivity index (χ4n) is 3.66. The zero-order chi connectivity index (χ0) is 20.5. The van der Waals surface area contributed by atoms with Crippen LogP contribution in [0.5, 0.6) is 0 Å². The van der Waals surface area contributed by atoms with Gasteiger partial charge in [0.25, 0.3) is 11.8 Å². The molecule has 7 heteroatoms. The molecule has 0 radical (unpaired) electrons. The van der Waals surface area contributed by atoms with Gasteiger partial charge in [-0.25, -0.2) is 4.98 Å². The maximum atomic E-state index is 12.5. The van der Waals surface area contributed by atoms with Crippen LogP contribution in [0.25, 0.3) is 5.65 Å². The molecule has 0 saturated carbocycles. The molecule has 1 saturated heterocycles. The Labute approximate surface area is 172 Å². The number of carbonyl (C=O) groups is 2. The predicted molar refractivity (Wildman–Crippen MR) is 110 cm³/mol. The molecule has 0 spiro atoms. The molecule has 4 aromatic rings. The molecule has 1 aliphatic rings. The summed E-state index contributed by atoms with van der Waals surface area (Å²) in [7, 11) is 0. The van der Waals surface area contributed by atoms with Crippen molar-refractivity contribution in [1.29, 1.82) is 0 Å². The van der Waals surface area contributed by atoms with Gasteiger partial charge in [-0.05, 0) is 47.5 Å². The first-order valence-corrected chi connectivity index (χ1v) is 9.80. The van der Waals surface area contributed by atoms with E-state index in [1.165, 1.54) is 6.26 Å². The van der Waals surface area contributed by atoms with Crippen LogP contribution in [0.2, 0.25) is 0 Å². The van der Waals surface area contributed by atoms with Crippen molar-refractivity contribution in [3.63, 3.8) is 0 Å². The molecule has 4 heterocycles. The number of imidazole rings is 1. The third-order valence-electron chi connectivity index (χ3n) is 5.46. The second-order valence-electron chi connectivity index (χ2n) is 7.42. The summed E-state index contributed by atoms with van der Waals surface area (Å²) in [4.78, 5) is 30.7. The van der Waals surface area contributed by atoms with E-state index in [4.69, 9.17) is 4.42 Å². The smallest absolute Gasteiger partial charge is 0.289 e. The first-order chi connectivity index (χ1) is 14.7. The number of amides is 2. The average Bonchev–Trinajstić information content (AvgIpc) is 3.43. The van der Waals surface area contributed by atoms with E-state index in [1.807, 2.05) is 53.2 Å². The van der Waals surface area contributed by atoms with Gasteiger partial charge in [0.15, 0.2) is 5.76 Å². The number of furan rings is 1. The van der Waals surface area contributed by atoms with Gasteiger partial charge in [-0.1, -0.05) is 12.1 Å². The maximum absolute atomic E-state index is 12.5. The summed E-state index contributed by atoms with van der Waals surface area (Å²) < 4.78 is 7.09. The standard InChI is InChI=1S/C23H20N4O3/c28-22(25-13-16-7-9-26-10-8-24-21(26)12-16)18-5-3-17(4-6-18)19-14-27(15-19)23(29)20-2-1-11-30-20/h1-12,19H,13-15H2,(H,25,28). The Kier molecular flexibility index (Phi) is 4.55. The number of carbonyl (C=O) groups excluding carboxylic acids is 2. The average molecular weight is 400 g/mol. The third-order valence-corrected chi connectivity index (χ3v) is 5.46. The number of benzene rings is 1. The molecular formula is C23H20N4O3. The molecule has 7 nitrogen and oxygen atoms in total. The highest BCUT2D eigenvalue weighted by Crippen LogP contribution is 2.28. The molecule has 3 aromatic heterocycles. The summed E-state index contributed by atoms with van der Waals surface area (Å²) in [5.74, 6) is 0.448. The second kappa shape index (κ2) is 7.51. The molecular weight excluding hydrogens is 380 g/mol. The minimum Gasteiger partial charge on any atom is -0.459 e. The van der Waals surface area contributed by atoms with Crippen LogP contribution in [0.1, 0.15) is 38.0 Å². The van der Waals surface area contributed by atoms with Crippen molar-refractivity contribution in [3.8, 4) is 0 Å². The van der Waals surface area contributed by atoms with E-state index in [1.54, 1.807) is 23.2 Å². The number of rotatable bonds is 5. The van der Waals surface area contributed by atoms with Crippen molar-refractivity contribution in [2.24, 2.45) is 0 Å². The van der Waals surface area contributed by atoms with Crippen molar-refractivity contribution in [3.05, 3.63) is 95.8 Å². The van der Waals surface area contributed by atoms with Gasteiger partial charge in [-0.3, -0.25) is 9.59 Å². The van der Waals surface area contributed by atoms with Gasteiger partial charge < -0.3 is 19.0 Å². The van der Waals surface area contributed by atoms with E-state index in [0.717, 1.165) is 16.8 Å². The fourth-order valence-corrected chi connectivity index (χ4v) is 3.66. The molecule has 0 aliphatic carbocycles. The number of nitrogens with one attached hydrogen (secondary N) is 1. The molecule has 1 aliphatic heterocycles. The summed E-state index contributed by atoms with van der Waals surface area (Å²) in [6.07, 6.45) is 7.06. The zero-order valence-corrected chi connectivity index (χ0v) is 16.2. The van der Waals surface area contributed by atoms with Crippen molar-refractivity contribution in [2.75, 3.05) is 13.1 Å². The summed E-state index contributed by atoms with van der Waals surface area (Å²) in [5, 5.41) is 2.95. The van der Waals surface area contributed by atoms with Crippen LogP contribution in [0, 0.1) is 0 Å². The highest BCUT2D eigenvalue weighted by molar-refractivity contribution is 5.94. The van der Waals surface area contributed by atoms with Crippen LogP contribution in [0.3, 0.4) is 0 Å². The largest absolute Gasteiger partial charge is 0.459 e. The van der Waals surface area contributed by atoms with Gasteiger partial charge in [-0.15, -0.1) is 0 Å². The number of nitrogens with zero attached hydrogens (tertiary/aromatic N) is 3. The van der Waals surface area contributed by atoms with E-state index in [-0.39, 0.29) is 17.7 Å². The van der Waals surface area contributed by atoms with Crippen LogP contribution in [0.15, 0.2) is 77.8 Å². The number of aromatic nitrogens is 2. The van der Waals surface area contributed by atoms with Gasteiger partial charge in [0.05, 0.1) is 6.26 Å². The number of hydrogen-bond acceptors (Lipinski definition) is 4. The normalized spacial score (nSPS) is 13.9. The maximum Gasteiger partial charge on any atom is 0.289 e. The lowest BCUT2D eigenvalue weighted by atomic mass is 9.90. The SMILES string of the molecule is O=C(NCc1ccn2ccnc2c1)c1ccc(C2CN(C(=O)c3ccco3)C2)cc1. The first-order valence-electron chi connectivity index (χ1n) is 9.80. The minimum absolute atomic E-state index is 0.0826. The monoisotopic (exact) mass is 400 g/mol. The number of pyridine rings is 1. The Bertz CT molecular complexity index is 1190. The summed E-state index contributed by atoms with van der Waals surface area (Å²) in [6, 6.07) is 14.9. The number of likely N-dealkylation sites (tertiary alicyclic amines) is 1. The Balaban J connectivity index is 1.16. The van der Waals surface area contributed by atoms with Crippen LogP contribution in [0.4, 0.5) is 0 Å². The molecule has 1 fully saturated rings. The predicted octanol–water partition coefficient (Wildman–Crippen LogP) is 3.10. The van der Waals surface area contributed by atoms with Gasteiger partial charge in [0, 0.05) is 49.7 Å². The fraction of sp³-hybridized carbons (Fsp3) is 0.174. The van der Waals surface area contributed by atoms with E-state index < -0.39 is 0 Å². The second-order valence-corrected chi connectivity index (χ2v) is 7.42. The van der Waals surface area contributed by atoms with Crippen molar-refractivity contribution in [1.82, 2.24) is 19.6 Å². The lowest BCUT2D eigenvalue weighted by Crippen LogP contribution is -2.48. The molecule has 5 rings (SSSR count). The van der Waals surface area contributed by atoms with Crippen LogP contribution >= 0.6 is 0 Å². The third kappa shape index (κ3) is 3.45. The van der Waals surface area contributed by atoms with Crippen molar-refractivity contribution < 1.29 is 14.0 Å². The van der Waals surface area contributed by atoms with Gasteiger partial charge >= 0.3 is 0 Å². The van der Waals surface area contributed by atoms with Crippen molar-refractivity contribution in [2.45, 2.75) is 12.5 Å². The molecule has 30 heavy (non-hydrogen) atoms. The summed E-state index contributed by atoms with van der Waals surface area (Å²) in [6.45, 7) is 1.75. The van der Waals surface area contributed by atoms with E-state index >= 15 is 0 Å². The lowest BCUT2D eigenvalue weighted by molar-refractivity contribution is 0.0569. The van der Waals surface area contributed by atoms with Crippen LogP contribution in [-0.2, 0) is 6.54 Å². The lowest BCUT2D eigenvalue weighted by Gasteiger charge is -2.39. The number of hydrogen-bond donors (Lipinski definition) is 1. The van der Waals surface area contributed by atoms with E-state index in [0.29, 0.717) is 31.0 Å². The highest BCUT2D eigenvalue weighted by atomic mass is 16.3. The van der Waals surface area contributed by atoms with E-state index in [9.17, 15) is 9.59 Å².